The van der Waals surface area contributed by atoms with Crippen LogP contribution in [0.3, 0.4) is 0 Å². The topological polar surface area (TPSA) is 90.4 Å². The van der Waals surface area contributed by atoms with E-state index in [1.165, 1.54) is 12.2 Å². The lowest BCUT2D eigenvalue weighted by molar-refractivity contribution is -0.146. The van der Waals surface area contributed by atoms with Crippen molar-refractivity contribution in [2.24, 2.45) is 5.41 Å². The second-order valence-corrected chi connectivity index (χ2v) is 5.60. The van der Waals surface area contributed by atoms with Crippen LogP contribution in [-0.4, -0.2) is 27.1 Å². The first-order valence-electron chi connectivity index (χ1n) is 6.87. The number of hydrogen-bond acceptors (Lipinski definition) is 2. The fourth-order valence-corrected chi connectivity index (χ4v) is 3.08. The van der Waals surface area contributed by atoms with Gasteiger partial charge in [-0.2, -0.15) is 0 Å². The molecule has 0 spiro atoms. The summed E-state index contributed by atoms with van der Waals surface area (Å²) in [7, 11) is 0. The molecule has 0 saturated heterocycles. The number of aliphatic carboxylic acids is 2. The fourth-order valence-electron chi connectivity index (χ4n) is 3.08. The smallest absolute Gasteiger partial charge is 0.332 e. The van der Waals surface area contributed by atoms with E-state index in [-0.39, 0.29) is 5.57 Å². The summed E-state index contributed by atoms with van der Waals surface area (Å²) in [5.41, 5.74) is 0.299. The monoisotopic (exact) mass is 297 g/mol. The molecule has 22 heavy (non-hydrogen) atoms. The van der Waals surface area contributed by atoms with E-state index in [1.54, 1.807) is 19.2 Å². The Morgan fingerprint density at radius 1 is 1.23 bits per heavy atom. The van der Waals surface area contributed by atoms with Crippen LogP contribution in [0, 0.1) is 5.41 Å². The molecule has 2 atom stereocenters. The third kappa shape index (κ3) is 1.94. The van der Waals surface area contributed by atoms with Crippen molar-refractivity contribution in [1.82, 2.24) is 4.98 Å². The lowest BCUT2D eigenvalue weighted by atomic mass is 9.67. The molecule has 0 radical (unpaired) electrons. The lowest BCUT2D eigenvalue weighted by Crippen LogP contribution is -2.36. The molecule has 1 heterocycles. The number of allylic oxidation sites excluding steroid dienone is 2. The summed E-state index contributed by atoms with van der Waals surface area (Å²) in [6, 6.07) is 7.45. The van der Waals surface area contributed by atoms with Crippen molar-refractivity contribution in [2.45, 2.75) is 12.8 Å². The van der Waals surface area contributed by atoms with Crippen LogP contribution in [0.2, 0.25) is 0 Å². The fraction of sp³-hybridized carbons (Fsp3) is 0.176. The second kappa shape index (κ2) is 4.87. The molecule has 3 rings (SSSR count). The number of nitrogens with one attached hydrogen (secondary N) is 1. The van der Waals surface area contributed by atoms with E-state index >= 15 is 0 Å². The Morgan fingerprint density at radius 3 is 2.64 bits per heavy atom. The molecule has 0 bridgehead atoms. The molecule has 112 valence electrons. The Hall–Kier alpha value is -2.82. The van der Waals surface area contributed by atoms with Crippen molar-refractivity contribution in [2.75, 3.05) is 0 Å². The number of carbonyl (C=O) groups is 2. The van der Waals surface area contributed by atoms with Crippen LogP contribution in [0.4, 0.5) is 0 Å². The van der Waals surface area contributed by atoms with Crippen LogP contribution in [-0.2, 0) is 9.59 Å². The van der Waals surface area contributed by atoms with Crippen LogP contribution in [0.15, 0.2) is 54.3 Å². The van der Waals surface area contributed by atoms with Crippen LogP contribution in [0.1, 0.15) is 18.4 Å². The second-order valence-electron chi connectivity index (χ2n) is 5.60. The summed E-state index contributed by atoms with van der Waals surface area (Å²) < 4.78 is 0. The predicted octanol–water partition coefficient (Wildman–Crippen LogP) is 2.92. The first-order valence-corrected chi connectivity index (χ1v) is 6.87. The van der Waals surface area contributed by atoms with E-state index in [1.807, 2.05) is 24.3 Å². The van der Waals surface area contributed by atoms with Gasteiger partial charge in [0.2, 0.25) is 0 Å². The van der Waals surface area contributed by atoms with E-state index in [0.717, 1.165) is 10.9 Å². The Balaban J connectivity index is 2.27. The molecule has 0 saturated carbocycles. The van der Waals surface area contributed by atoms with E-state index in [2.05, 4.69) is 4.98 Å². The number of carboxylic acid groups (broad SMARTS) is 2. The molecule has 3 N–H and O–H groups in total. The molecule has 2 unspecified atom stereocenters. The van der Waals surface area contributed by atoms with Gasteiger partial charge >= 0.3 is 11.9 Å². The summed E-state index contributed by atoms with van der Waals surface area (Å²) >= 11 is 0. The standard InChI is InChI=1S/C17H15NO4/c1-17(16(21)22)8-4-6-11(15(19)20)14(17)12-9-18-13-7-3-2-5-10(12)13/h2-9,14,18H,1H3,(H,19,20)(H,21,22). The Morgan fingerprint density at radius 2 is 1.95 bits per heavy atom. The average molecular weight is 297 g/mol. The normalized spacial score (nSPS) is 24.2. The average Bonchev–Trinajstić information content (AvgIpc) is 2.90. The van der Waals surface area contributed by atoms with Crippen molar-refractivity contribution in [3.05, 3.63) is 59.8 Å². The van der Waals surface area contributed by atoms with Crippen molar-refractivity contribution < 1.29 is 19.8 Å². The maximum atomic E-state index is 11.8. The highest BCUT2D eigenvalue weighted by Crippen LogP contribution is 2.47. The Bertz CT molecular complexity index is 830. The number of rotatable bonds is 3. The van der Waals surface area contributed by atoms with E-state index in [0.29, 0.717) is 5.56 Å². The molecule has 0 fully saturated rings. The molecule has 0 aliphatic heterocycles. The predicted molar refractivity (Wildman–Crippen MR) is 81.6 cm³/mol. The Kier molecular flexibility index (Phi) is 3.13. The summed E-state index contributed by atoms with van der Waals surface area (Å²) in [4.78, 5) is 26.5. The minimum absolute atomic E-state index is 0.0807. The zero-order valence-electron chi connectivity index (χ0n) is 11.9. The Labute approximate surface area is 126 Å². The zero-order valence-corrected chi connectivity index (χ0v) is 11.9. The molecule has 1 aromatic carbocycles. The number of aromatic nitrogens is 1. The number of aromatic amines is 1. The van der Waals surface area contributed by atoms with Gasteiger partial charge in [0.15, 0.2) is 0 Å². The largest absolute Gasteiger partial charge is 0.481 e. The third-order valence-corrected chi connectivity index (χ3v) is 4.27. The minimum atomic E-state index is -1.31. The SMILES string of the molecule is CC1(C(=O)O)C=CC=C(C(=O)O)C1c1c[nH]c2ccccc12. The highest BCUT2D eigenvalue weighted by Gasteiger charge is 2.46. The molecule has 1 aliphatic rings. The van der Waals surface area contributed by atoms with Crippen molar-refractivity contribution in [3.8, 4) is 0 Å². The van der Waals surface area contributed by atoms with E-state index in [9.17, 15) is 19.8 Å². The minimum Gasteiger partial charge on any atom is -0.481 e. The summed E-state index contributed by atoms with van der Waals surface area (Å²) in [5, 5.41) is 20.0. The van der Waals surface area contributed by atoms with Gasteiger partial charge < -0.3 is 15.2 Å². The van der Waals surface area contributed by atoms with Gasteiger partial charge in [-0.05, 0) is 18.6 Å². The van der Waals surface area contributed by atoms with Gasteiger partial charge in [0.25, 0.3) is 0 Å². The van der Waals surface area contributed by atoms with Gasteiger partial charge in [0.1, 0.15) is 0 Å². The molecule has 2 aromatic rings. The summed E-state index contributed by atoms with van der Waals surface area (Å²) in [5.74, 6) is -2.92. The molecule has 1 aromatic heterocycles. The number of H-pyrrole nitrogens is 1. The van der Waals surface area contributed by atoms with E-state index in [4.69, 9.17) is 0 Å². The van der Waals surface area contributed by atoms with Crippen LogP contribution >= 0.6 is 0 Å². The summed E-state index contributed by atoms with van der Waals surface area (Å²) in [6.07, 6.45) is 6.23. The number of carboxylic acids is 2. The molecule has 5 nitrogen and oxygen atoms in total. The van der Waals surface area contributed by atoms with Crippen LogP contribution < -0.4 is 0 Å². The van der Waals surface area contributed by atoms with Gasteiger partial charge in [0.05, 0.1) is 5.41 Å². The first kappa shape index (κ1) is 14.1. The van der Waals surface area contributed by atoms with Crippen molar-refractivity contribution in [3.63, 3.8) is 0 Å². The van der Waals surface area contributed by atoms with Crippen molar-refractivity contribution in [1.29, 1.82) is 0 Å². The van der Waals surface area contributed by atoms with Crippen LogP contribution in [0.5, 0.6) is 0 Å². The van der Waals surface area contributed by atoms with Gasteiger partial charge in [-0.15, -0.1) is 0 Å². The maximum absolute atomic E-state index is 11.8. The maximum Gasteiger partial charge on any atom is 0.332 e. The lowest BCUT2D eigenvalue weighted by Gasteiger charge is -2.34. The summed E-state index contributed by atoms with van der Waals surface area (Å²) in [6.45, 7) is 1.55. The van der Waals surface area contributed by atoms with Gasteiger partial charge in [0, 0.05) is 28.6 Å². The van der Waals surface area contributed by atoms with Gasteiger partial charge in [-0.3, -0.25) is 4.79 Å². The molecule has 0 amide bonds. The van der Waals surface area contributed by atoms with Crippen LogP contribution in [0.25, 0.3) is 10.9 Å². The quantitative estimate of drug-likeness (QED) is 0.812. The molecule has 5 heteroatoms. The van der Waals surface area contributed by atoms with Gasteiger partial charge in [-0.1, -0.05) is 36.4 Å². The number of fused-ring (bicyclic) bond motifs is 1. The highest BCUT2D eigenvalue weighted by molar-refractivity contribution is 5.95. The number of benzene rings is 1. The third-order valence-electron chi connectivity index (χ3n) is 4.27. The molecule has 1 aliphatic carbocycles. The van der Waals surface area contributed by atoms with Gasteiger partial charge in [-0.25, -0.2) is 4.79 Å². The van der Waals surface area contributed by atoms with E-state index < -0.39 is 23.3 Å². The zero-order chi connectivity index (χ0) is 15.9. The number of hydrogen-bond donors (Lipinski definition) is 3. The number of para-hydroxylation sites is 1. The van der Waals surface area contributed by atoms with Crippen molar-refractivity contribution >= 4 is 22.8 Å². The molecular weight excluding hydrogens is 282 g/mol. The first-order chi connectivity index (χ1) is 10.4. The highest BCUT2D eigenvalue weighted by atomic mass is 16.4. The molecular formula is C17H15NO4.